The lowest BCUT2D eigenvalue weighted by atomic mass is 9.75. The summed E-state index contributed by atoms with van der Waals surface area (Å²) in [6, 6.07) is 0. The van der Waals surface area contributed by atoms with E-state index in [2.05, 4.69) is 62.3 Å². The van der Waals surface area contributed by atoms with E-state index in [0.717, 1.165) is 17.8 Å². The van der Waals surface area contributed by atoms with E-state index < -0.39 is 8.80 Å². The molecule has 0 heterocycles. The van der Waals surface area contributed by atoms with Crippen molar-refractivity contribution in [3.8, 4) is 0 Å². The molecule has 40 heavy (non-hydrogen) atoms. The van der Waals surface area contributed by atoms with Crippen molar-refractivity contribution in [2.24, 2.45) is 53.3 Å². The van der Waals surface area contributed by atoms with E-state index in [1.807, 2.05) is 0 Å². The van der Waals surface area contributed by atoms with Crippen molar-refractivity contribution >= 4 is 8.80 Å². The largest absolute Gasteiger partial charge is 0.504 e. The summed E-state index contributed by atoms with van der Waals surface area (Å²) < 4.78 is 23.4. The molecule has 4 saturated carbocycles. The normalized spacial score (nSPS) is 40.0. The second-order valence-electron chi connectivity index (χ2n) is 16.4. The van der Waals surface area contributed by atoms with Gasteiger partial charge in [0.05, 0.1) is 18.3 Å². The molecule has 4 aliphatic rings. The molecule has 0 amide bonds. The van der Waals surface area contributed by atoms with Gasteiger partial charge < -0.3 is 13.3 Å². The molecule has 0 spiro atoms. The molecule has 0 aromatic carbocycles. The Morgan fingerprint density at radius 2 is 0.775 bits per heavy atom. The van der Waals surface area contributed by atoms with Gasteiger partial charge >= 0.3 is 8.80 Å². The first kappa shape index (κ1) is 33.0. The maximum absolute atomic E-state index is 7.79. The van der Waals surface area contributed by atoms with Gasteiger partial charge in [-0.05, 0) is 105 Å². The van der Waals surface area contributed by atoms with Crippen molar-refractivity contribution in [2.75, 3.05) is 0 Å². The summed E-state index contributed by atoms with van der Waals surface area (Å²) in [6.07, 6.45) is 18.8. The van der Waals surface area contributed by atoms with Crippen LogP contribution in [0.15, 0.2) is 0 Å². The molecule has 234 valence electrons. The molecule has 0 N–H and O–H groups in total. The zero-order chi connectivity index (χ0) is 29.0. The second-order valence-corrected chi connectivity index (χ2v) is 19.1. The van der Waals surface area contributed by atoms with E-state index in [0.29, 0.717) is 41.0 Å². The van der Waals surface area contributed by atoms with E-state index in [9.17, 15) is 0 Å². The van der Waals surface area contributed by atoms with Gasteiger partial charge in [-0.3, -0.25) is 0 Å². The number of rotatable bonds is 10. The summed E-state index contributed by atoms with van der Waals surface area (Å²) in [4.78, 5) is 0. The molecule has 0 aliphatic heterocycles. The molecule has 3 nitrogen and oxygen atoms in total. The standard InChI is InChI=1S/C36H68O3Si/c1-24(2)31-18-15-27(7)21-34(31)37-40(30-13-11-10-12-14-30,38-35-22-28(8)16-19-32(35)25(3)4)39-36-23-29(9)17-20-33(36)26(5)6/h24-36H,10-23H2,1-9H3. The molecule has 4 aliphatic carbocycles. The highest BCUT2D eigenvalue weighted by atomic mass is 28.4. The minimum atomic E-state index is -3.01. The summed E-state index contributed by atoms with van der Waals surface area (Å²) in [6.45, 7) is 21.9. The van der Waals surface area contributed by atoms with Gasteiger partial charge in [0.25, 0.3) is 0 Å². The van der Waals surface area contributed by atoms with E-state index in [1.54, 1.807) is 0 Å². The topological polar surface area (TPSA) is 27.7 Å². The van der Waals surface area contributed by atoms with Crippen LogP contribution < -0.4 is 0 Å². The van der Waals surface area contributed by atoms with Crippen LogP contribution in [0.3, 0.4) is 0 Å². The monoisotopic (exact) mass is 576 g/mol. The zero-order valence-corrected chi connectivity index (χ0v) is 29.1. The molecule has 0 saturated heterocycles. The first-order valence-corrected chi connectivity index (χ1v) is 19.8. The van der Waals surface area contributed by atoms with Crippen LogP contribution in [0.25, 0.3) is 0 Å². The van der Waals surface area contributed by atoms with Gasteiger partial charge in [0.1, 0.15) is 0 Å². The Hall–Kier alpha value is 0.0969. The lowest BCUT2D eigenvalue weighted by Crippen LogP contribution is -2.60. The van der Waals surface area contributed by atoms with E-state index in [-0.39, 0.29) is 18.3 Å². The third kappa shape index (κ3) is 8.17. The molecular formula is C36H68O3Si. The number of hydrogen-bond donors (Lipinski definition) is 0. The lowest BCUT2D eigenvalue weighted by Gasteiger charge is -2.51. The van der Waals surface area contributed by atoms with E-state index in [1.165, 1.54) is 89.9 Å². The van der Waals surface area contributed by atoms with Crippen LogP contribution in [0.4, 0.5) is 0 Å². The minimum Gasteiger partial charge on any atom is -0.370 e. The van der Waals surface area contributed by atoms with E-state index >= 15 is 0 Å². The molecule has 4 heteroatoms. The van der Waals surface area contributed by atoms with Crippen LogP contribution in [0.2, 0.25) is 5.54 Å². The van der Waals surface area contributed by atoms with Gasteiger partial charge in [-0.2, -0.15) is 0 Å². The fraction of sp³-hybridized carbons (Fsp3) is 1.00. The van der Waals surface area contributed by atoms with Gasteiger partial charge in [0.15, 0.2) is 0 Å². The van der Waals surface area contributed by atoms with Crippen LogP contribution in [0.5, 0.6) is 0 Å². The Labute approximate surface area is 251 Å². The highest BCUT2D eigenvalue weighted by Crippen LogP contribution is 2.49. The Morgan fingerprint density at radius 3 is 1.07 bits per heavy atom. The molecule has 0 radical (unpaired) electrons. The highest BCUT2D eigenvalue weighted by molar-refractivity contribution is 6.62. The Balaban J connectivity index is 1.76. The fourth-order valence-corrected chi connectivity index (χ4v) is 13.2. The highest BCUT2D eigenvalue weighted by Gasteiger charge is 2.57. The van der Waals surface area contributed by atoms with Crippen molar-refractivity contribution in [1.82, 2.24) is 0 Å². The first-order valence-electron chi connectivity index (χ1n) is 18.0. The average Bonchev–Trinajstić information content (AvgIpc) is 2.88. The Kier molecular flexibility index (Phi) is 12.1. The lowest BCUT2D eigenvalue weighted by molar-refractivity contribution is -0.102. The molecule has 9 unspecified atom stereocenters. The van der Waals surface area contributed by atoms with Crippen LogP contribution in [0, 0.1) is 53.3 Å². The summed E-state index contributed by atoms with van der Waals surface area (Å²) in [5, 5.41) is 0. The molecule has 0 aromatic rings. The summed E-state index contributed by atoms with van der Waals surface area (Å²) in [7, 11) is -3.01. The van der Waals surface area contributed by atoms with Crippen LogP contribution in [0.1, 0.15) is 152 Å². The average molecular weight is 577 g/mol. The van der Waals surface area contributed by atoms with Crippen molar-refractivity contribution in [2.45, 2.75) is 176 Å². The third-order valence-electron chi connectivity index (χ3n) is 11.9. The van der Waals surface area contributed by atoms with Crippen molar-refractivity contribution in [3.05, 3.63) is 0 Å². The Bertz CT molecular complexity index is 663. The van der Waals surface area contributed by atoms with Gasteiger partial charge in [0.2, 0.25) is 0 Å². The van der Waals surface area contributed by atoms with Crippen molar-refractivity contribution in [3.63, 3.8) is 0 Å². The Morgan fingerprint density at radius 1 is 0.450 bits per heavy atom. The van der Waals surface area contributed by atoms with Gasteiger partial charge in [-0.1, -0.05) is 101 Å². The molecule has 9 atom stereocenters. The maximum atomic E-state index is 7.79. The summed E-state index contributed by atoms with van der Waals surface area (Å²) in [5.41, 5.74) is 0.474. The van der Waals surface area contributed by atoms with Crippen molar-refractivity contribution in [1.29, 1.82) is 0 Å². The van der Waals surface area contributed by atoms with Gasteiger partial charge in [0, 0.05) is 5.54 Å². The summed E-state index contributed by atoms with van der Waals surface area (Å²) in [5.74, 6) is 5.99. The van der Waals surface area contributed by atoms with Crippen LogP contribution in [-0.4, -0.2) is 27.1 Å². The van der Waals surface area contributed by atoms with Crippen LogP contribution in [-0.2, 0) is 13.3 Å². The third-order valence-corrected chi connectivity index (χ3v) is 15.4. The molecule has 4 rings (SSSR count). The van der Waals surface area contributed by atoms with Crippen LogP contribution >= 0.6 is 0 Å². The molecule has 0 bridgehead atoms. The first-order chi connectivity index (χ1) is 19.0. The maximum Gasteiger partial charge on any atom is 0.504 e. The molecule has 0 aromatic heterocycles. The minimum absolute atomic E-state index is 0.286. The molecule has 4 fully saturated rings. The zero-order valence-electron chi connectivity index (χ0n) is 28.1. The predicted octanol–water partition coefficient (Wildman–Crippen LogP) is 10.7. The van der Waals surface area contributed by atoms with Gasteiger partial charge in [-0.25, -0.2) is 0 Å². The SMILES string of the molecule is CC1CCC(C(C)C)C(O[Si](OC2CC(C)CCC2C(C)C)(OC2CC(C)CCC2C(C)C)C2CCCCC2)C1. The molecular weight excluding hydrogens is 508 g/mol. The van der Waals surface area contributed by atoms with E-state index in [4.69, 9.17) is 13.3 Å². The quantitative estimate of drug-likeness (QED) is 0.242. The summed E-state index contributed by atoms with van der Waals surface area (Å²) >= 11 is 0. The van der Waals surface area contributed by atoms with Gasteiger partial charge in [-0.15, -0.1) is 0 Å². The predicted molar refractivity (Wildman–Crippen MR) is 171 cm³/mol. The second kappa shape index (κ2) is 14.7. The fourth-order valence-electron chi connectivity index (χ4n) is 9.21. The van der Waals surface area contributed by atoms with Crippen molar-refractivity contribution < 1.29 is 13.3 Å². The number of hydrogen-bond acceptors (Lipinski definition) is 3. The smallest absolute Gasteiger partial charge is 0.370 e.